The van der Waals surface area contributed by atoms with E-state index in [2.05, 4.69) is 13.2 Å². The maximum absolute atomic E-state index is 11.1. The van der Waals surface area contributed by atoms with Crippen molar-refractivity contribution in [1.82, 2.24) is 0 Å². The lowest BCUT2D eigenvalue weighted by Crippen LogP contribution is -2.08. The summed E-state index contributed by atoms with van der Waals surface area (Å²) in [7, 11) is 0. The van der Waals surface area contributed by atoms with Gasteiger partial charge in [0.25, 0.3) is 0 Å². The first-order valence-corrected chi connectivity index (χ1v) is 8.02. The summed E-state index contributed by atoms with van der Waals surface area (Å²) in [5.41, 5.74) is 0.575. The van der Waals surface area contributed by atoms with Crippen LogP contribution in [-0.2, 0) is 9.59 Å². The van der Waals surface area contributed by atoms with Crippen LogP contribution in [0.2, 0.25) is 0 Å². The summed E-state index contributed by atoms with van der Waals surface area (Å²) >= 11 is 0. The number of esters is 2. The highest BCUT2D eigenvalue weighted by Crippen LogP contribution is 2.13. The second-order valence-corrected chi connectivity index (χ2v) is 5.45. The van der Waals surface area contributed by atoms with Crippen molar-refractivity contribution in [3.8, 4) is 11.5 Å². The van der Waals surface area contributed by atoms with Crippen LogP contribution in [0.5, 0.6) is 11.5 Å². The molecular weight excluding hydrogens is 380 g/mol. The molecule has 0 saturated carbocycles. The molecule has 0 unspecified atom stereocenters. The van der Waals surface area contributed by atoms with E-state index in [0.29, 0.717) is 11.5 Å². The summed E-state index contributed by atoms with van der Waals surface area (Å²) < 4.78 is 9.63. The van der Waals surface area contributed by atoms with Crippen molar-refractivity contribution in [3.63, 3.8) is 0 Å². The molecular formula is C21H18O8. The number of rotatable bonds is 6. The van der Waals surface area contributed by atoms with Gasteiger partial charge in [0.05, 0.1) is 11.1 Å². The van der Waals surface area contributed by atoms with Crippen LogP contribution in [0.3, 0.4) is 0 Å². The van der Waals surface area contributed by atoms with E-state index in [1.165, 1.54) is 55.5 Å². The van der Waals surface area contributed by atoms with Gasteiger partial charge in [-0.2, -0.15) is 0 Å². The zero-order chi connectivity index (χ0) is 22.0. The standard InChI is InChI=1S/C11H10O4.C10H8O4/c1-7(2)11(14)15-9-5-3-8(4-6-9)10(12)13;1-2-9(11)14-8-5-3-7(4-6-8)10(12)13/h3-6H,1H2,2H3,(H,12,13);2-6H,1H2,(H,12,13). The Morgan fingerprint density at radius 3 is 1.48 bits per heavy atom. The molecule has 0 atom stereocenters. The molecule has 0 aliphatic rings. The van der Waals surface area contributed by atoms with E-state index in [9.17, 15) is 19.2 Å². The number of aromatic carboxylic acids is 2. The van der Waals surface area contributed by atoms with Crippen LogP contribution in [-0.4, -0.2) is 34.1 Å². The highest BCUT2D eigenvalue weighted by Gasteiger charge is 2.07. The first kappa shape index (κ1) is 22.8. The molecule has 2 rings (SSSR count). The van der Waals surface area contributed by atoms with Crippen LogP contribution in [0.15, 0.2) is 73.3 Å². The Morgan fingerprint density at radius 2 is 1.17 bits per heavy atom. The lowest BCUT2D eigenvalue weighted by Gasteiger charge is -2.03. The van der Waals surface area contributed by atoms with Gasteiger partial charge in [-0.25, -0.2) is 19.2 Å². The Kier molecular flexibility index (Phi) is 8.53. The first-order valence-electron chi connectivity index (χ1n) is 8.02. The van der Waals surface area contributed by atoms with E-state index in [1.807, 2.05) is 0 Å². The Morgan fingerprint density at radius 1 is 0.793 bits per heavy atom. The van der Waals surface area contributed by atoms with Gasteiger partial charge in [0.15, 0.2) is 0 Å². The van der Waals surface area contributed by atoms with E-state index in [4.69, 9.17) is 19.7 Å². The Balaban J connectivity index is 0.000000291. The molecule has 0 heterocycles. The fraction of sp³-hybridized carbons (Fsp3) is 0.0476. The number of hydrogen-bond acceptors (Lipinski definition) is 6. The van der Waals surface area contributed by atoms with Crippen molar-refractivity contribution >= 4 is 23.9 Å². The molecule has 0 aromatic heterocycles. The average Bonchev–Trinajstić information content (AvgIpc) is 2.69. The van der Waals surface area contributed by atoms with Crippen LogP contribution in [0.25, 0.3) is 0 Å². The SMILES string of the molecule is C=C(C)C(=O)Oc1ccc(C(=O)O)cc1.C=CC(=O)Oc1ccc(C(=O)O)cc1. The molecule has 8 heteroatoms. The lowest BCUT2D eigenvalue weighted by atomic mass is 10.2. The van der Waals surface area contributed by atoms with Crippen molar-refractivity contribution in [2.45, 2.75) is 6.92 Å². The fourth-order valence-electron chi connectivity index (χ4n) is 1.68. The average molecular weight is 398 g/mol. The minimum Gasteiger partial charge on any atom is -0.478 e. The van der Waals surface area contributed by atoms with Crippen LogP contribution in [0, 0.1) is 0 Å². The van der Waals surface area contributed by atoms with E-state index in [-0.39, 0.29) is 16.7 Å². The number of carboxylic acids is 2. The number of hydrogen-bond donors (Lipinski definition) is 2. The zero-order valence-corrected chi connectivity index (χ0v) is 15.5. The molecule has 2 N–H and O–H groups in total. The third-order valence-electron chi connectivity index (χ3n) is 3.15. The topological polar surface area (TPSA) is 127 Å². The predicted octanol–water partition coefficient (Wildman–Crippen LogP) is 3.34. The van der Waals surface area contributed by atoms with Gasteiger partial charge in [0, 0.05) is 11.6 Å². The molecule has 0 aliphatic heterocycles. The second-order valence-electron chi connectivity index (χ2n) is 5.45. The number of carbonyl (C=O) groups excluding carboxylic acids is 2. The summed E-state index contributed by atoms with van der Waals surface area (Å²) in [4.78, 5) is 42.8. The first-order chi connectivity index (χ1) is 13.6. The van der Waals surface area contributed by atoms with E-state index in [0.717, 1.165) is 6.08 Å². The van der Waals surface area contributed by atoms with Crippen LogP contribution in [0.4, 0.5) is 0 Å². The Hall–Kier alpha value is -4.20. The van der Waals surface area contributed by atoms with Crippen LogP contribution >= 0.6 is 0 Å². The lowest BCUT2D eigenvalue weighted by molar-refractivity contribution is -0.130. The Labute approximate surface area is 166 Å². The summed E-state index contributed by atoms with van der Waals surface area (Å²) in [6.07, 6.45) is 1.03. The summed E-state index contributed by atoms with van der Waals surface area (Å²) in [5.74, 6) is -2.56. The van der Waals surface area contributed by atoms with Gasteiger partial charge in [0.2, 0.25) is 0 Å². The summed E-state index contributed by atoms with van der Waals surface area (Å²) in [5, 5.41) is 17.2. The molecule has 150 valence electrons. The fourth-order valence-corrected chi connectivity index (χ4v) is 1.68. The largest absolute Gasteiger partial charge is 0.478 e. The number of carboxylic acid groups (broad SMARTS) is 2. The minimum atomic E-state index is -1.02. The molecule has 2 aromatic carbocycles. The monoisotopic (exact) mass is 398 g/mol. The van der Waals surface area contributed by atoms with Gasteiger partial charge < -0.3 is 19.7 Å². The molecule has 0 amide bonds. The van der Waals surface area contributed by atoms with Crippen molar-refractivity contribution < 1.29 is 38.9 Å². The number of benzene rings is 2. The maximum Gasteiger partial charge on any atom is 0.338 e. The van der Waals surface area contributed by atoms with Gasteiger partial charge in [-0.15, -0.1) is 0 Å². The number of carbonyl (C=O) groups is 4. The van der Waals surface area contributed by atoms with Crippen LogP contribution < -0.4 is 9.47 Å². The van der Waals surface area contributed by atoms with E-state index in [1.54, 1.807) is 0 Å². The van der Waals surface area contributed by atoms with Gasteiger partial charge in [-0.1, -0.05) is 13.2 Å². The maximum atomic E-state index is 11.1. The summed E-state index contributed by atoms with van der Waals surface area (Å²) in [6, 6.07) is 11.1. The smallest absolute Gasteiger partial charge is 0.338 e. The molecule has 2 aromatic rings. The molecule has 0 bridgehead atoms. The van der Waals surface area contributed by atoms with Gasteiger partial charge in [-0.05, 0) is 55.5 Å². The normalized spacial score (nSPS) is 9.28. The third-order valence-corrected chi connectivity index (χ3v) is 3.15. The number of ether oxygens (including phenoxy) is 2. The summed E-state index contributed by atoms with van der Waals surface area (Å²) in [6.45, 7) is 8.20. The molecule has 29 heavy (non-hydrogen) atoms. The Bertz CT molecular complexity index is 924. The quantitative estimate of drug-likeness (QED) is 0.431. The highest BCUT2D eigenvalue weighted by atomic mass is 16.5. The molecule has 0 spiro atoms. The van der Waals surface area contributed by atoms with E-state index >= 15 is 0 Å². The molecule has 0 aliphatic carbocycles. The molecule has 8 nitrogen and oxygen atoms in total. The third kappa shape index (κ3) is 7.92. The van der Waals surface area contributed by atoms with Crippen LogP contribution in [0.1, 0.15) is 27.6 Å². The molecule has 0 radical (unpaired) electrons. The predicted molar refractivity (Wildman–Crippen MR) is 103 cm³/mol. The van der Waals surface area contributed by atoms with Gasteiger partial charge in [0.1, 0.15) is 11.5 Å². The van der Waals surface area contributed by atoms with Gasteiger partial charge >= 0.3 is 23.9 Å². The zero-order valence-electron chi connectivity index (χ0n) is 15.5. The van der Waals surface area contributed by atoms with E-state index < -0.39 is 23.9 Å². The van der Waals surface area contributed by atoms with Crippen molar-refractivity contribution in [2.24, 2.45) is 0 Å². The highest BCUT2D eigenvalue weighted by molar-refractivity contribution is 5.90. The minimum absolute atomic E-state index is 0.142. The van der Waals surface area contributed by atoms with Crippen molar-refractivity contribution in [1.29, 1.82) is 0 Å². The van der Waals surface area contributed by atoms with Crippen molar-refractivity contribution in [3.05, 3.63) is 84.5 Å². The molecule has 0 fully saturated rings. The molecule has 0 saturated heterocycles. The second kappa shape index (κ2) is 10.8. The van der Waals surface area contributed by atoms with Crippen molar-refractivity contribution in [2.75, 3.05) is 0 Å². The van der Waals surface area contributed by atoms with Gasteiger partial charge in [-0.3, -0.25) is 0 Å².